The lowest BCUT2D eigenvalue weighted by Gasteiger charge is -1.96. The van der Waals surface area contributed by atoms with Crippen molar-refractivity contribution in [2.75, 3.05) is 12.0 Å². The van der Waals surface area contributed by atoms with Crippen LogP contribution in [0.5, 0.6) is 0 Å². The molecule has 72 valence electrons. The molecule has 0 saturated heterocycles. The lowest BCUT2D eigenvalue weighted by molar-refractivity contribution is 0.590. The van der Waals surface area contributed by atoms with Crippen molar-refractivity contribution in [3.05, 3.63) is 24.3 Å². The van der Waals surface area contributed by atoms with Gasteiger partial charge in [-0.05, 0) is 30.5 Å². The Labute approximate surface area is 85.5 Å². The Morgan fingerprint density at radius 3 is 2.43 bits per heavy atom. The topological polar surface area (TPSA) is 64.9 Å². The van der Waals surface area contributed by atoms with Crippen LogP contribution in [0.1, 0.15) is 0 Å². The minimum atomic E-state index is 0.0916. The number of nitrogens with two attached hydrogens (primary N) is 1. The molecule has 0 aliphatic heterocycles. The summed E-state index contributed by atoms with van der Waals surface area (Å²) in [6.07, 6.45) is 2.03. The molecule has 1 aromatic heterocycles. The van der Waals surface area contributed by atoms with Crippen LogP contribution >= 0.6 is 11.8 Å². The molecular formula is C9H9N3OS. The van der Waals surface area contributed by atoms with E-state index in [4.69, 9.17) is 10.2 Å². The summed E-state index contributed by atoms with van der Waals surface area (Å²) < 4.78 is 5.09. The number of hydrogen-bond donors (Lipinski definition) is 1. The third-order valence-electron chi connectivity index (χ3n) is 1.78. The summed E-state index contributed by atoms with van der Waals surface area (Å²) in [7, 11) is 0. The molecule has 0 spiro atoms. The van der Waals surface area contributed by atoms with Crippen LogP contribution in [-0.2, 0) is 0 Å². The van der Waals surface area contributed by atoms with E-state index >= 15 is 0 Å². The second-order valence-corrected chi connectivity index (χ2v) is 3.55. The van der Waals surface area contributed by atoms with Crippen LogP contribution in [0.25, 0.3) is 11.5 Å². The first-order chi connectivity index (χ1) is 6.79. The van der Waals surface area contributed by atoms with Crippen molar-refractivity contribution in [1.29, 1.82) is 0 Å². The molecule has 5 heteroatoms. The highest BCUT2D eigenvalue weighted by Crippen LogP contribution is 2.22. The van der Waals surface area contributed by atoms with Crippen molar-refractivity contribution in [1.82, 2.24) is 10.2 Å². The molecule has 0 aliphatic rings. The second kappa shape index (κ2) is 3.71. The van der Waals surface area contributed by atoms with Gasteiger partial charge in [-0.2, -0.15) is 0 Å². The first kappa shape index (κ1) is 9.08. The minimum Gasteiger partial charge on any atom is -0.404 e. The van der Waals surface area contributed by atoms with Crippen molar-refractivity contribution in [2.45, 2.75) is 4.90 Å². The molecule has 2 aromatic rings. The summed E-state index contributed by atoms with van der Waals surface area (Å²) in [5.74, 6) is 0.454. The molecule has 2 rings (SSSR count). The van der Waals surface area contributed by atoms with Crippen LogP contribution in [-0.4, -0.2) is 16.5 Å². The Hall–Kier alpha value is -1.49. The lowest BCUT2D eigenvalue weighted by atomic mass is 10.2. The number of anilines is 1. The van der Waals surface area contributed by atoms with Gasteiger partial charge in [-0.1, -0.05) is 5.10 Å². The number of thioether (sulfide) groups is 1. The molecule has 0 bridgehead atoms. The number of hydrogen-bond acceptors (Lipinski definition) is 5. The highest BCUT2D eigenvalue weighted by molar-refractivity contribution is 7.98. The molecule has 2 N–H and O–H groups in total. The summed E-state index contributed by atoms with van der Waals surface area (Å²) >= 11 is 1.69. The first-order valence-corrected chi connectivity index (χ1v) is 5.25. The molecule has 0 atom stereocenters. The number of nitrogen functional groups attached to an aromatic ring is 1. The first-order valence-electron chi connectivity index (χ1n) is 4.03. The molecule has 14 heavy (non-hydrogen) atoms. The van der Waals surface area contributed by atoms with E-state index < -0.39 is 0 Å². The monoisotopic (exact) mass is 207 g/mol. The van der Waals surface area contributed by atoms with E-state index in [1.807, 2.05) is 30.5 Å². The van der Waals surface area contributed by atoms with Crippen LogP contribution in [0.3, 0.4) is 0 Å². The number of benzene rings is 1. The summed E-state index contributed by atoms with van der Waals surface area (Å²) in [6, 6.07) is 7.95. The summed E-state index contributed by atoms with van der Waals surface area (Å²) in [5.41, 5.74) is 6.21. The van der Waals surface area contributed by atoms with Crippen LogP contribution in [0.4, 0.5) is 6.01 Å². The van der Waals surface area contributed by atoms with Gasteiger partial charge in [0.25, 0.3) is 0 Å². The quantitative estimate of drug-likeness (QED) is 0.763. The molecule has 0 amide bonds. The Morgan fingerprint density at radius 1 is 1.21 bits per heavy atom. The van der Waals surface area contributed by atoms with Crippen molar-refractivity contribution < 1.29 is 4.42 Å². The fourth-order valence-corrected chi connectivity index (χ4v) is 1.49. The number of aromatic nitrogens is 2. The van der Waals surface area contributed by atoms with E-state index in [-0.39, 0.29) is 6.01 Å². The summed E-state index contributed by atoms with van der Waals surface area (Å²) in [5, 5.41) is 7.38. The van der Waals surface area contributed by atoms with Gasteiger partial charge in [0.1, 0.15) is 0 Å². The second-order valence-electron chi connectivity index (χ2n) is 2.67. The minimum absolute atomic E-state index is 0.0916. The maximum atomic E-state index is 5.33. The average Bonchev–Trinajstić information content (AvgIpc) is 2.65. The number of rotatable bonds is 2. The SMILES string of the molecule is CSc1ccc(-c2nnc(N)o2)cc1. The summed E-state index contributed by atoms with van der Waals surface area (Å²) in [4.78, 5) is 1.20. The fraction of sp³-hybridized carbons (Fsp3) is 0.111. The van der Waals surface area contributed by atoms with E-state index in [0.717, 1.165) is 5.56 Å². The highest BCUT2D eigenvalue weighted by atomic mass is 32.2. The van der Waals surface area contributed by atoms with Gasteiger partial charge in [-0.3, -0.25) is 0 Å². The van der Waals surface area contributed by atoms with Gasteiger partial charge in [-0.15, -0.1) is 16.9 Å². The Morgan fingerprint density at radius 2 is 1.93 bits per heavy atom. The zero-order valence-electron chi connectivity index (χ0n) is 7.60. The normalized spacial score (nSPS) is 10.4. The molecule has 0 aliphatic carbocycles. The third-order valence-corrected chi connectivity index (χ3v) is 2.52. The molecule has 0 unspecified atom stereocenters. The van der Waals surface area contributed by atoms with E-state index in [1.165, 1.54) is 4.90 Å². The highest BCUT2D eigenvalue weighted by Gasteiger charge is 2.05. The molecule has 0 fully saturated rings. The molecule has 0 radical (unpaired) electrons. The maximum Gasteiger partial charge on any atom is 0.313 e. The van der Waals surface area contributed by atoms with Gasteiger partial charge in [0.2, 0.25) is 5.89 Å². The predicted octanol–water partition coefficient (Wildman–Crippen LogP) is 2.04. The van der Waals surface area contributed by atoms with E-state index in [0.29, 0.717) is 5.89 Å². The van der Waals surface area contributed by atoms with Crippen LogP contribution < -0.4 is 5.73 Å². The van der Waals surface area contributed by atoms with E-state index in [2.05, 4.69) is 10.2 Å². The standard InChI is InChI=1S/C9H9N3OS/c1-14-7-4-2-6(3-5-7)8-11-12-9(10)13-8/h2-5H,1H3,(H2,10,12). The van der Waals surface area contributed by atoms with Gasteiger partial charge in [0, 0.05) is 10.5 Å². The van der Waals surface area contributed by atoms with Crippen molar-refractivity contribution in [3.8, 4) is 11.5 Å². The van der Waals surface area contributed by atoms with Crippen molar-refractivity contribution in [3.63, 3.8) is 0 Å². The smallest absolute Gasteiger partial charge is 0.313 e. The zero-order chi connectivity index (χ0) is 9.97. The Bertz CT molecular complexity index is 424. The van der Waals surface area contributed by atoms with Gasteiger partial charge in [-0.25, -0.2) is 0 Å². The molecule has 0 saturated carbocycles. The van der Waals surface area contributed by atoms with Crippen LogP contribution in [0.15, 0.2) is 33.6 Å². The van der Waals surface area contributed by atoms with Gasteiger partial charge >= 0.3 is 6.01 Å². The molecular weight excluding hydrogens is 198 g/mol. The summed E-state index contributed by atoms with van der Waals surface area (Å²) in [6.45, 7) is 0. The van der Waals surface area contributed by atoms with Gasteiger partial charge < -0.3 is 10.2 Å². The van der Waals surface area contributed by atoms with Gasteiger partial charge in [0.15, 0.2) is 0 Å². The van der Waals surface area contributed by atoms with Crippen LogP contribution in [0, 0.1) is 0 Å². The zero-order valence-corrected chi connectivity index (χ0v) is 8.41. The molecule has 1 heterocycles. The largest absolute Gasteiger partial charge is 0.404 e. The number of nitrogens with zero attached hydrogens (tertiary/aromatic N) is 2. The average molecular weight is 207 g/mol. The van der Waals surface area contributed by atoms with Crippen LogP contribution in [0.2, 0.25) is 0 Å². The van der Waals surface area contributed by atoms with Crippen molar-refractivity contribution in [2.24, 2.45) is 0 Å². The molecule has 1 aromatic carbocycles. The van der Waals surface area contributed by atoms with E-state index in [9.17, 15) is 0 Å². The van der Waals surface area contributed by atoms with E-state index in [1.54, 1.807) is 11.8 Å². The third kappa shape index (κ3) is 1.72. The van der Waals surface area contributed by atoms with Crippen molar-refractivity contribution >= 4 is 17.8 Å². The fourth-order valence-electron chi connectivity index (χ4n) is 1.08. The maximum absolute atomic E-state index is 5.33. The van der Waals surface area contributed by atoms with Gasteiger partial charge in [0.05, 0.1) is 0 Å². The lowest BCUT2D eigenvalue weighted by Crippen LogP contribution is -1.81. The Kier molecular flexibility index (Phi) is 2.41. The Balaban J connectivity index is 2.33. The predicted molar refractivity (Wildman–Crippen MR) is 55.9 cm³/mol. The molecule has 4 nitrogen and oxygen atoms in total.